The van der Waals surface area contributed by atoms with E-state index in [1.807, 2.05) is 0 Å². The molecule has 2 rings (SSSR count). The molecule has 0 bridgehead atoms. The van der Waals surface area contributed by atoms with Crippen LogP contribution in [0.25, 0.3) is 0 Å². The van der Waals surface area contributed by atoms with Crippen LogP contribution in [-0.4, -0.2) is 30.3 Å². The fraction of sp³-hybridized carbons (Fsp3) is 0.700. The first-order valence-corrected chi connectivity index (χ1v) is 5.18. The molecular formula is C10H17N3O2. The Morgan fingerprint density at radius 3 is 2.87 bits per heavy atom. The van der Waals surface area contributed by atoms with Gasteiger partial charge in [-0.25, -0.2) is 4.98 Å². The summed E-state index contributed by atoms with van der Waals surface area (Å²) in [5, 5.41) is 0. The Hall–Kier alpha value is -0.910. The molecule has 15 heavy (non-hydrogen) atoms. The van der Waals surface area contributed by atoms with Gasteiger partial charge in [-0.15, -0.1) is 0 Å². The van der Waals surface area contributed by atoms with Crippen molar-refractivity contribution in [1.29, 1.82) is 0 Å². The zero-order valence-corrected chi connectivity index (χ0v) is 8.95. The topological polar surface area (TPSA) is 73.2 Å². The lowest BCUT2D eigenvalue weighted by molar-refractivity contribution is -0.0996. The molecule has 1 aliphatic heterocycles. The van der Waals surface area contributed by atoms with Crippen molar-refractivity contribution in [2.75, 3.05) is 20.3 Å². The van der Waals surface area contributed by atoms with Crippen molar-refractivity contribution in [3.05, 3.63) is 17.7 Å². The van der Waals surface area contributed by atoms with Crippen LogP contribution in [0.4, 0.5) is 0 Å². The molecule has 1 aliphatic rings. The maximum Gasteiger partial charge on any atom is 0.138 e. The quantitative estimate of drug-likeness (QED) is 0.764. The van der Waals surface area contributed by atoms with Crippen LogP contribution in [0.2, 0.25) is 0 Å². The molecule has 84 valence electrons. The van der Waals surface area contributed by atoms with Gasteiger partial charge in [0.1, 0.15) is 11.4 Å². The Morgan fingerprint density at radius 1 is 1.60 bits per heavy atom. The van der Waals surface area contributed by atoms with Crippen LogP contribution in [0.15, 0.2) is 6.20 Å². The van der Waals surface area contributed by atoms with E-state index in [1.165, 1.54) is 0 Å². The van der Waals surface area contributed by atoms with Crippen LogP contribution in [-0.2, 0) is 21.6 Å². The van der Waals surface area contributed by atoms with E-state index in [0.717, 1.165) is 24.4 Å². The van der Waals surface area contributed by atoms with Crippen LogP contribution in [0.5, 0.6) is 0 Å². The lowest BCUT2D eigenvalue weighted by Crippen LogP contribution is -2.36. The molecule has 0 unspecified atom stereocenters. The summed E-state index contributed by atoms with van der Waals surface area (Å²) < 4.78 is 10.9. The van der Waals surface area contributed by atoms with Gasteiger partial charge in [0.2, 0.25) is 0 Å². The van der Waals surface area contributed by atoms with Gasteiger partial charge >= 0.3 is 0 Å². The van der Waals surface area contributed by atoms with Crippen LogP contribution < -0.4 is 5.73 Å². The standard InChI is InChI=1S/C10H17N3O2/c1-14-10(2-4-15-5-3-10)9-12-7-8(6-11)13-9/h7H,2-6,11H2,1H3,(H,12,13). The highest BCUT2D eigenvalue weighted by atomic mass is 16.5. The second kappa shape index (κ2) is 4.30. The highest BCUT2D eigenvalue weighted by Gasteiger charge is 2.37. The molecule has 0 radical (unpaired) electrons. The number of methoxy groups -OCH3 is 1. The number of aromatic amines is 1. The summed E-state index contributed by atoms with van der Waals surface area (Å²) >= 11 is 0. The molecule has 3 N–H and O–H groups in total. The molecule has 5 nitrogen and oxygen atoms in total. The van der Waals surface area contributed by atoms with Gasteiger partial charge in [0.25, 0.3) is 0 Å². The summed E-state index contributed by atoms with van der Waals surface area (Å²) in [5.41, 5.74) is 6.16. The van der Waals surface area contributed by atoms with Gasteiger partial charge in [-0.05, 0) is 0 Å². The summed E-state index contributed by atoms with van der Waals surface area (Å²) in [6.45, 7) is 1.91. The number of imidazole rings is 1. The van der Waals surface area contributed by atoms with Crippen LogP contribution in [0.3, 0.4) is 0 Å². The lowest BCUT2D eigenvalue weighted by atomic mass is 9.93. The second-order valence-electron chi connectivity index (χ2n) is 3.77. The van der Waals surface area contributed by atoms with E-state index in [-0.39, 0.29) is 5.60 Å². The van der Waals surface area contributed by atoms with Crippen molar-refractivity contribution < 1.29 is 9.47 Å². The minimum atomic E-state index is -0.314. The maximum atomic E-state index is 5.61. The summed E-state index contributed by atoms with van der Waals surface area (Å²) in [4.78, 5) is 7.55. The van der Waals surface area contributed by atoms with Gasteiger partial charge in [0.15, 0.2) is 0 Å². The van der Waals surface area contributed by atoms with E-state index in [2.05, 4.69) is 9.97 Å². The van der Waals surface area contributed by atoms with Gasteiger partial charge in [-0.1, -0.05) is 0 Å². The maximum absolute atomic E-state index is 5.61. The molecule has 0 spiro atoms. The highest BCUT2D eigenvalue weighted by molar-refractivity contribution is 5.09. The van der Waals surface area contributed by atoms with Crippen LogP contribution >= 0.6 is 0 Å². The number of rotatable bonds is 3. The number of nitrogens with zero attached hydrogens (tertiary/aromatic N) is 1. The molecule has 0 aromatic carbocycles. The fourth-order valence-electron chi connectivity index (χ4n) is 1.93. The first kappa shape index (κ1) is 10.6. The van der Waals surface area contributed by atoms with Crippen LogP contribution in [0.1, 0.15) is 24.4 Å². The van der Waals surface area contributed by atoms with Gasteiger partial charge < -0.3 is 20.2 Å². The third kappa shape index (κ3) is 1.90. The Bertz CT molecular complexity index is 318. The van der Waals surface area contributed by atoms with Crippen LogP contribution in [0, 0.1) is 0 Å². The molecule has 0 amide bonds. The highest BCUT2D eigenvalue weighted by Crippen LogP contribution is 2.33. The van der Waals surface area contributed by atoms with Crippen molar-refractivity contribution in [3.8, 4) is 0 Å². The molecule has 2 heterocycles. The third-order valence-corrected chi connectivity index (χ3v) is 2.97. The number of H-pyrrole nitrogens is 1. The first-order valence-electron chi connectivity index (χ1n) is 5.18. The molecular weight excluding hydrogens is 194 g/mol. The van der Waals surface area contributed by atoms with Gasteiger partial charge in [0.05, 0.1) is 0 Å². The van der Waals surface area contributed by atoms with E-state index >= 15 is 0 Å². The first-order chi connectivity index (χ1) is 7.30. The Kier molecular flexibility index (Phi) is 3.04. The molecule has 0 atom stereocenters. The average molecular weight is 211 g/mol. The summed E-state index contributed by atoms with van der Waals surface area (Å²) in [7, 11) is 1.72. The molecule has 1 aromatic rings. The van der Waals surface area contributed by atoms with E-state index in [9.17, 15) is 0 Å². The molecule has 1 fully saturated rings. The van der Waals surface area contributed by atoms with Crippen molar-refractivity contribution in [1.82, 2.24) is 9.97 Å². The predicted molar refractivity (Wildman–Crippen MR) is 55.2 cm³/mol. The zero-order valence-electron chi connectivity index (χ0n) is 8.95. The van der Waals surface area contributed by atoms with Crippen molar-refractivity contribution >= 4 is 0 Å². The minimum absolute atomic E-state index is 0.314. The molecule has 1 aromatic heterocycles. The monoisotopic (exact) mass is 211 g/mol. The molecule has 5 heteroatoms. The summed E-state index contributed by atoms with van der Waals surface area (Å²) in [5.74, 6) is 0.869. The summed E-state index contributed by atoms with van der Waals surface area (Å²) in [6, 6.07) is 0. The SMILES string of the molecule is COC1(c2ncc(CN)[nH]2)CCOCC1. The number of hydrogen-bond donors (Lipinski definition) is 2. The zero-order chi connectivity index (χ0) is 10.7. The smallest absolute Gasteiger partial charge is 0.138 e. The number of nitrogens with two attached hydrogens (primary N) is 1. The number of ether oxygens (including phenoxy) is 2. The largest absolute Gasteiger partial charge is 0.381 e. The average Bonchev–Trinajstić information content (AvgIpc) is 2.79. The van der Waals surface area contributed by atoms with E-state index in [0.29, 0.717) is 19.8 Å². The Morgan fingerprint density at radius 2 is 2.33 bits per heavy atom. The second-order valence-corrected chi connectivity index (χ2v) is 3.77. The Labute approximate surface area is 89.0 Å². The number of hydrogen-bond acceptors (Lipinski definition) is 4. The molecule has 1 saturated heterocycles. The Balaban J connectivity index is 2.24. The van der Waals surface area contributed by atoms with E-state index in [1.54, 1.807) is 13.3 Å². The van der Waals surface area contributed by atoms with Gasteiger partial charge in [-0.3, -0.25) is 0 Å². The van der Waals surface area contributed by atoms with Gasteiger partial charge in [-0.2, -0.15) is 0 Å². The van der Waals surface area contributed by atoms with Crippen molar-refractivity contribution in [2.45, 2.75) is 25.0 Å². The minimum Gasteiger partial charge on any atom is -0.381 e. The number of aromatic nitrogens is 2. The number of nitrogens with one attached hydrogen (secondary N) is 1. The van der Waals surface area contributed by atoms with Gasteiger partial charge in [0, 0.05) is 51.6 Å². The summed E-state index contributed by atoms with van der Waals surface area (Å²) in [6.07, 6.45) is 3.44. The van der Waals surface area contributed by atoms with E-state index < -0.39 is 0 Å². The molecule has 0 aliphatic carbocycles. The predicted octanol–water partition coefficient (Wildman–Crippen LogP) is 0.520. The third-order valence-electron chi connectivity index (χ3n) is 2.97. The lowest BCUT2D eigenvalue weighted by Gasteiger charge is -2.33. The van der Waals surface area contributed by atoms with E-state index in [4.69, 9.17) is 15.2 Å². The van der Waals surface area contributed by atoms with Crippen molar-refractivity contribution in [3.63, 3.8) is 0 Å². The fourth-order valence-corrected chi connectivity index (χ4v) is 1.93. The van der Waals surface area contributed by atoms with Crippen molar-refractivity contribution in [2.24, 2.45) is 5.73 Å². The molecule has 0 saturated carbocycles. The normalized spacial score (nSPS) is 20.4.